The van der Waals surface area contributed by atoms with Crippen LogP contribution in [0.1, 0.15) is 38.7 Å². The van der Waals surface area contributed by atoms with E-state index in [4.69, 9.17) is 16.1 Å². The second-order valence-corrected chi connectivity index (χ2v) is 13.1. The SMILES string of the molecule is C#Cc1c(F)ccc2cc(O)cc(-c3ncc4c(N5C[C@H]6CC[C@@H](C5)N6)nc(OC[C@@]5(C)CN(C)CC[C@H]5C)nc4c3F)c12. The molecule has 4 aromatic rings. The van der Waals surface area contributed by atoms with Crippen molar-refractivity contribution in [1.29, 1.82) is 0 Å². The van der Waals surface area contributed by atoms with Crippen molar-refractivity contribution in [3.63, 3.8) is 0 Å². The number of nitrogens with zero attached hydrogens (tertiary/aromatic N) is 5. The van der Waals surface area contributed by atoms with Crippen LogP contribution in [0.4, 0.5) is 14.6 Å². The molecule has 2 N–H and O–H groups in total. The number of piperazine rings is 1. The third kappa shape index (κ3) is 4.88. The number of phenolic OH excluding ortho intramolecular Hbond substituents is 1. The lowest BCUT2D eigenvalue weighted by Gasteiger charge is -2.43. The monoisotopic (exact) mass is 598 g/mol. The number of terminal acetylenes is 1. The number of hydrogen-bond donors (Lipinski definition) is 2. The lowest BCUT2D eigenvalue weighted by molar-refractivity contribution is 0.0192. The van der Waals surface area contributed by atoms with Crippen LogP contribution in [0.15, 0.2) is 30.5 Å². The lowest BCUT2D eigenvalue weighted by Crippen LogP contribution is -2.51. The Labute approximate surface area is 255 Å². The van der Waals surface area contributed by atoms with E-state index in [1.165, 1.54) is 24.3 Å². The zero-order valence-corrected chi connectivity index (χ0v) is 25.2. The van der Waals surface area contributed by atoms with Gasteiger partial charge in [-0.3, -0.25) is 4.98 Å². The molecule has 0 spiro atoms. The van der Waals surface area contributed by atoms with Crippen molar-refractivity contribution in [2.75, 3.05) is 44.7 Å². The molecule has 0 unspecified atom stereocenters. The van der Waals surface area contributed by atoms with E-state index in [9.17, 15) is 9.50 Å². The molecule has 0 amide bonds. The van der Waals surface area contributed by atoms with Crippen LogP contribution in [0.5, 0.6) is 11.8 Å². The van der Waals surface area contributed by atoms with E-state index in [2.05, 4.69) is 51.9 Å². The Morgan fingerprint density at radius 3 is 2.68 bits per heavy atom. The smallest absolute Gasteiger partial charge is 0.319 e. The van der Waals surface area contributed by atoms with Gasteiger partial charge >= 0.3 is 6.01 Å². The average molecular weight is 599 g/mol. The molecule has 0 aliphatic carbocycles. The third-order valence-corrected chi connectivity index (χ3v) is 9.91. The second kappa shape index (κ2) is 10.8. The first-order valence-corrected chi connectivity index (χ1v) is 15.2. The van der Waals surface area contributed by atoms with Gasteiger partial charge in [-0.15, -0.1) is 6.42 Å². The fourth-order valence-corrected chi connectivity index (χ4v) is 7.27. The number of pyridine rings is 1. The van der Waals surface area contributed by atoms with Crippen LogP contribution in [-0.2, 0) is 0 Å². The zero-order valence-electron chi connectivity index (χ0n) is 25.2. The van der Waals surface area contributed by atoms with Crippen LogP contribution in [0.2, 0.25) is 0 Å². The Kier molecular flexibility index (Phi) is 7.06. The maximum atomic E-state index is 16.8. The van der Waals surface area contributed by atoms with Crippen LogP contribution < -0.4 is 15.0 Å². The van der Waals surface area contributed by atoms with Crippen molar-refractivity contribution < 1.29 is 18.6 Å². The number of fused-ring (bicyclic) bond motifs is 4. The molecule has 3 saturated heterocycles. The Morgan fingerprint density at radius 2 is 1.93 bits per heavy atom. The van der Waals surface area contributed by atoms with E-state index in [1.807, 2.05) is 0 Å². The topological polar surface area (TPSA) is 86.6 Å². The van der Waals surface area contributed by atoms with Gasteiger partial charge in [0.25, 0.3) is 0 Å². The molecule has 4 atom stereocenters. The van der Waals surface area contributed by atoms with Crippen molar-refractivity contribution in [3.05, 3.63) is 47.7 Å². The number of anilines is 1. The van der Waals surface area contributed by atoms with Gasteiger partial charge in [-0.25, -0.2) is 8.78 Å². The summed E-state index contributed by atoms with van der Waals surface area (Å²) in [6, 6.07) is 6.32. The molecular weight excluding hydrogens is 562 g/mol. The van der Waals surface area contributed by atoms with E-state index in [-0.39, 0.29) is 39.5 Å². The summed E-state index contributed by atoms with van der Waals surface area (Å²) in [5.41, 5.74) is -0.0119. The Bertz CT molecular complexity index is 1810. The van der Waals surface area contributed by atoms with Crippen LogP contribution in [-0.4, -0.2) is 76.9 Å². The maximum absolute atomic E-state index is 16.8. The average Bonchev–Trinajstić information content (AvgIpc) is 3.35. The summed E-state index contributed by atoms with van der Waals surface area (Å²) in [7, 11) is 2.11. The van der Waals surface area contributed by atoms with Crippen molar-refractivity contribution in [2.24, 2.45) is 11.3 Å². The molecule has 3 aliphatic rings. The van der Waals surface area contributed by atoms with Crippen molar-refractivity contribution >= 4 is 27.5 Å². The molecule has 10 heteroatoms. The van der Waals surface area contributed by atoms with Crippen LogP contribution in [0, 0.1) is 35.3 Å². The lowest BCUT2D eigenvalue weighted by atomic mass is 9.74. The highest BCUT2D eigenvalue weighted by molar-refractivity contribution is 6.03. The molecule has 2 aromatic carbocycles. The molecule has 44 heavy (non-hydrogen) atoms. The van der Waals surface area contributed by atoms with Gasteiger partial charge in [0.05, 0.1) is 17.6 Å². The number of benzene rings is 2. The number of piperidine rings is 1. The summed E-state index contributed by atoms with van der Waals surface area (Å²) in [6.45, 7) is 8.20. The van der Waals surface area contributed by atoms with Crippen LogP contribution in [0.3, 0.4) is 0 Å². The van der Waals surface area contributed by atoms with E-state index in [0.29, 0.717) is 46.6 Å². The molecule has 7 rings (SSSR count). The van der Waals surface area contributed by atoms with Crippen molar-refractivity contribution in [1.82, 2.24) is 25.2 Å². The number of phenols is 1. The van der Waals surface area contributed by atoms with E-state index >= 15 is 4.39 Å². The first kappa shape index (κ1) is 28.7. The van der Waals surface area contributed by atoms with Gasteiger partial charge in [-0.1, -0.05) is 25.8 Å². The zero-order chi connectivity index (χ0) is 30.7. The Hall–Kier alpha value is -4.07. The molecule has 0 radical (unpaired) electrons. The predicted molar refractivity (Wildman–Crippen MR) is 167 cm³/mol. The molecule has 2 aromatic heterocycles. The number of aromatic hydroxyl groups is 1. The molecule has 228 valence electrons. The van der Waals surface area contributed by atoms with E-state index in [1.54, 1.807) is 6.20 Å². The number of likely N-dealkylation sites (tertiary alicyclic amines) is 1. The van der Waals surface area contributed by atoms with Gasteiger partial charge in [0.15, 0.2) is 5.82 Å². The van der Waals surface area contributed by atoms with Gasteiger partial charge in [0.2, 0.25) is 0 Å². The Morgan fingerprint density at radius 1 is 1.16 bits per heavy atom. The van der Waals surface area contributed by atoms with Gasteiger partial charge in [-0.2, -0.15) is 9.97 Å². The number of ether oxygens (including phenoxy) is 1. The minimum atomic E-state index is -0.717. The van der Waals surface area contributed by atoms with Crippen molar-refractivity contribution in [2.45, 2.75) is 45.2 Å². The minimum absolute atomic E-state index is 0.0256. The van der Waals surface area contributed by atoms with Gasteiger partial charge in [0.1, 0.15) is 28.6 Å². The normalized spacial score (nSPS) is 25.5. The van der Waals surface area contributed by atoms with E-state index in [0.717, 1.165) is 45.4 Å². The quantitative estimate of drug-likeness (QED) is 0.307. The van der Waals surface area contributed by atoms with Gasteiger partial charge < -0.3 is 25.0 Å². The highest BCUT2D eigenvalue weighted by Gasteiger charge is 2.38. The van der Waals surface area contributed by atoms with Gasteiger partial charge in [-0.05, 0) is 62.4 Å². The van der Waals surface area contributed by atoms with E-state index < -0.39 is 11.6 Å². The third-order valence-electron chi connectivity index (χ3n) is 9.91. The number of hydrogen-bond acceptors (Lipinski definition) is 8. The fraction of sp³-hybridized carbons (Fsp3) is 0.441. The number of nitrogens with one attached hydrogen (secondary N) is 1. The largest absolute Gasteiger partial charge is 0.508 e. The van der Waals surface area contributed by atoms with Crippen molar-refractivity contribution in [3.8, 4) is 35.4 Å². The maximum Gasteiger partial charge on any atom is 0.319 e. The number of aromatic nitrogens is 3. The standard InChI is InChI=1S/C34H36F2N6O2/c1-5-24-27(35)9-6-20-12-23(43)13-25(28(20)24)30-29(36)31-26(14-37-30)32(42-15-21-7-8-22(16-42)38-21)40-33(39-31)44-18-34(3)17-41(4)11-10-19(34)2/h1,6,9,12-14,19,21-22,38,43H,7-8,10-11,15-18H2,2-4H3/t19-,21-,22+,34-/m1/s1. The molecule has 5 heterocycles. The Balaban J connectivity index is 1.38. The van der Waals surface area contributed by atoms with Gasteiger partial charge in [0, 0.05) is 54.3 Å². The second-order valence-electron chi connectivity index (χ2n) is 13.1. The first-order chi connectivity index (χ1) is 21.1. The summed E-state index contributed by atoms with van der Waals surface area (Å²) in [6.07, 6.45) is 10.5. The molecule has 0 saturated carbocycles. The molecular formula is C34H36F2N6O2. The molecule has 8 nitrogen and oxygen atoms in total. The van der Waals surface area contributed by atoms with Crippen LogP contribution >= 0.6 is 0 Å². The minimum Gasteiger partial charge on any atom is -0.508 e. The molecule has 2 bridgehead atoms. The first-order valence-electron chi connectivity index (χ1n) is 15.2. The number of rotatable bonds is 5. The summed E-state index contributed by atoms with van der Waals surface area (Å²) in [5.74, 6) is 1.95. The summed E-state index contributed by atoms with van der Waals surface area (Å²) < 4.78 is 37.9. The van der Waals surface area contributed by atoms with Crippen LogP contribution in [0.25, 0.3) is 32.9 Å². The highest BCUT2D eigenvalue weighted by atomic mass is 19.1. The summed E-state index contributed by atoms with van der Waals surface area (Å²) >= 11 is 0. The predicted octanol–water partition coefficient (Wildman–Crippen LogP) is 5.11. The molecule has 3 fully saturated rings. The highest BCUT2D eigenvalue weighted by Crippen LogP contribution is 2.40. The fourth-order valence-electron chi connectivity index (χ4n) is 7.27. The number of halogens is 2. The summed E-state index contributed by atoms with van der Waals surface area (Å²) in [4.78, 5) is 18.5. The molecule has 3 aliphatic heterocycles. The summed E-state index contributed by atoms with van der Waals surface area (Å²) in [5, 5.41) is 15.4.